The third kappa shape index (κ3) is 10.4. The lowest BCUT2D eigenvalue weighted by Crippen LogP contribution is -1.95. The third-order valence-corrected chi connectivity index (χ3v) is 11.3. The Bertz CT molecular complexity index is 2340. The summed E-state index contributed by atoms with van der Waals surface area (Å²) in [6.07, 6.45) is 7.51. The van der Waals surface area contributed by atoms with Gasteiger partial charge in [0.2, 0.25) is 0 Å². The van der Waals surface area contributed by atoms with Gasteiger partial charge in [-0.3, -0.25) is 0 Å². The summed E-state index contributed by atoms with van der Waals surface area (Å²) in [5.74, 6) is 28.2. The highest BCUT2D eigenvalue weighted by atomic mass is 32.1. The zero-order valence-corrected chi connectivity index (χ0v) is 34.5. The third-order valence-electron chi connectivity index (χ3n) is 8.72. The molecule has 2 nitrogen and oxygen atoms in total. The van der Waals surface area contributed by atoms with E-state index in [2.05, 4.69) is 122 Å². The van der Waals surface area contributed by atoms with E-state index in [1.165, 1.54) is 0 Å². The first kappa shape index (κ1) is 39.3. The highest BCUT2D eigenvalue weighted by Crippen LogP contribution is 2.36. The maximum atomic E-state index is 5.41. The number of allylic oxidation sites excluding steroid dienone is 4. The largest absolute Gasteiger partial charge is 0.242 e. The van der Waals surface area contributed by atoms with Gasteiger partial charge in [0.25, 0.3) is 0 Å². The van der Waals surface area contributed by atoms with Crippen molar-refractivity contribution in [2.75, 3.05) is 0 Å². The average Bonchev–Trinajstić information content (AvgIpc) is 4.01. The van der Waals surface area contributed by atoms with Gasteiger partial charge in [-0.1, -0.05) is 162 Å². The van der Waals surface area contributed by atoms with E-state index in [1.54, 1.807) is 34.0 Å². The van der Waals surface area contributed by atoms with E-state index >= 15 is 0 Å². The van der Waals surface area contributed by atoms with Gasteiger partial charge in [0.1, 0.15) is 20.8 Å². The summed E-state index contributed by atoms with van der Waals surface area (Å²) in [6, 6.07) is 28.9. The number of benzene rings is 2. The van der Waals surface area contributed by atoms with Crippen molar-refractivity contribution >= 4 is 45.0 Å². The fourth-order valence-electron chi connectivity index (χ4n) is 6.11. The first-order valence-electron chi connectivity index (χ1n) is 19.2. The van der Waals surface area contributed by atoms with Crippen LogP contribution in [0.15, 0.2) is 118 Å². The summed E-state index contributed by atoms with van der Waals surface area (Å²) in [4.78, 5) is 14.7. The molecule has 4 heterocycles. The van der Waals surface area contributed by atoms with Crippen LogP contribution in [0, 0.1) is 47.4 Å². The molecule has 272 valence electrons. The minimum absolute atomic E-state index is 0.783. The zero-order chi connectivity index (χ0) is 38.2. The van der Waals surface area contributed by atoms with Crippen LogP contribution in [0.1, 0.15) is 98.6 Å². The smallest absolute Gasteiger partial charge is 0.117 e. The van der Waals surface area contributed by atoms with Crippen LogP contribution in [0.4, 0.5) is 0 Å². The van der Waals surface area contributed by atoms with Gasteiger partial charge in [0.15, 0.2) is 0 Å². The van der Waals surface area contributed by atoms with Crippen molar-refractivity contribution in [3.8, 4) is 69.9 Å². The molecule has 2 aromatic carbocycles. The van der Waals surface area contributed by atoms with Gasteiger partial charge >= 0.3 is 0 Å². The Hall–Kier alpha value is -5.40. The Morgan fingerprint density at radius 3 is 1.15 bits per heavy atom. The SMILES string of the molecule is CCCC(C#Cc1cccs1)=C(C#Cc1sc(C#CC(CCC)=C(C#Cc2cccs2)CCC)c2nc(-c3ccccc3)c(-c3ccccc3)nc12)CCC. The van der Waals surface area contributed by atoms with Crippen LogP contribution >= 0.6 is 34.0 Å². The van der Waals surface area contributed by atoms with Gasteiger partial charge < -0.3 is 0 Å². The molecule has 0 radical (unpaired) electrons. The van der Waals surface area contributed by atoms with E-state index in [0.717, 1.165) is 127 Å². The Kier molecular flexibility index (Phi) is 14.5. The standard InChI is InChI=1S/C50H44N2S3/c1-5-17-37(27-31-43-25-15-35-53-43)39(19-7-3)29-33-45-49-50(52-48(42-23-13-10-14-24-42)47(51-49)41-21-11-9-12-22-41)46(55-45)34-30-40(20-8-4)38(18-6-2)28-32-44-26-16-36-54-44/h9-16,21-26,35-36H,5-8,17-20H2,1-4H3. The van der Waals surface area contributed by atoms with Gasteiger partial charge in [-0.05, 0) is 60.4 Å². The Morgan fingerprint density at radius 2 is 0.818 bits per heavy atom. The number of thiophene rings is 3. The molecule has 0 spiro atoms. The molecule has 0 aliphatic heterocycles. The molecule has 4 aromatic heterocycles. The summed E-state index contributed by atoms with van der Waals surface area (Å²) < 4.78 is 0. The molecule has 0 unspecified atom stereocenters. The van der Waals surface area contributed by atoms with Gasteiger partial charge in [0.05, 0.1) is 21.1 Å². The van der Waals surface area contributed by atoms with E-state index in [-0.39, 0.29) is 0 Å². The first-order chi connectivity index (χ1) is 27.1. The van der Waals surface area contributed by atoms with Crippen LogP contribution in [0.25, 0.3) is 33.5 Å². The minimum atomic E-state index is 0.783. The summed E-state index contributed by atoms with van der Waals surface area (Å²) in [5.41, 5.74) is 9.69. The van der Waals surface area contributed by atoms with Gasteiger partial charge in [-0.25, -0.2) is 9.97 Å². The predicted molar refractivity (Wildman–Crippen MR) is 238 cm³/mol. The van der Waals surface area contributed by atoms with E-state index in [4.69, 9.17) is 9.97 Å². The van der Waals surface area contributed by atoms with Gasteiger partial charge in [-0.15, -0.1) is 34.0 Å². The van der Waals surface area contributed by atoms with Crippen molar-refractivity contribution in [1.82, 2.24) is 9.97 Å². The van der Waals surface area contributed by atoms with E-state index < -0.39 is 0 Å². The number of hydrogen-bond donors (Lipinski definition) is 0. The Labute approximate surface area is 339 Å². The maximum Gasteiger partial charge on any atom is 0.117 e. The second-order valence-corrected chi connectivity index (χ2v) is 15.9. The van der Waals surface area contributed by atoms with Crippen molar-refractivity contribution in [2.24, 2.45) is 0 Å². The van der Waals surface area contributed by atoms with Crippen molar-refractivity contribution < 1.29 is 0 Å². The van der Waals surface area contributed by atoms with Crippen LogP contribution in [0.2, 0.25) is 0 Å². The summed E-state index contributed by atoms with van der Waals surface area (Å²) in [7, 11) is 0. The average molecular weight is 769 g/mol. The molecule has 0 aliphatic rings. The van der Waals surface area contributed by atoms with Crippen molar-refractivity contribution in [3.05, 3.63) is 137 Å². The summed E-state index contributed by atoms with van der Waals surface area (Å²) in [5, 5.41) is 4.14. The predicted octanol–water partition coefficient (Wildman–Crippen LogP) is 13.7. The fourth-order valence-corrected chi connectivity index (χ4v) is 8.14. The lowest BCUT2D eigenvalue weighted by Gasteiger charge is -2.09. The van der Waals surface area contributed by atoms with E-state index in [1.807, 2.05) is 48.5 Å². The molecule has 0 saturated heterocycles. The lowest BCUT2D eigenvalue weighted by molar-refractivity contribution is 0.880. The lowest BCUT2D eigenvalue weighted by atomic mass is 10.00. The molecule has 0 saturated carbocycles. The quantitative estimate of drug-likeness (QED) is 0.130. The molecule has 0 bridgehead atoms. The highest BCUT2D eigenvalue weighted by Gasteiger charge is 2.19. The highest BCUT2D eigenvalue weighted by molar-refractivity contribution is 7.14. The zero-order valence-electron chi connectivity index (χ0n) is 32.0. The number of rotatable bonds is 10. The maximum absolute atomic E-state index is 5.41. The minimum Gasteiger partial charge on any atom is -0.242 e. The van der Waals surface area contributed by atoms with Crippen LogP contribution in [-0.4, -0.2) is 9.97 Å². The van der Waals surface area contributed by atoms with Crippen LogP contribution in [0.3, 0.4) is 0 Å². The molecule has 0 fully saturated rings. The molecule has 55 heavy (non-hydrogen) atoms. The van der Waals surface area contributed by atoms with Crippen LogP contribution < -0.4 is 0 Å². The van der Waals surface area contributed by atoms with Crippen molar-refractivity contribution in [3.63, 3.8) is 0 Å². The Morgan fingerprint density at radius 1 is 0.455 bits per heavy atom. The van der Waals surface area contributed by atoms with Gasteiger partial charge in [0, 0.05) is 33.4 Å². The van der Waals surface area contributed by atoms with Gasteiger partial charge in [-0.2, -0.15) is 0 Å². The van der Waals surface area contributed by atoms with Crippen LogP contribution in [-0.2, 0) is 0 Å². The second kappa shape index (κ2) is 20.3. The number of aromatic nitrogens is 2. The topological polar surface area (TPSA) is 25.8 Å². The molecule has 6 aromatic rings. The summed E-state index contributed by atoms with van der Waals surface area (Å²) in [6.45, 7) is 8.81. The number of fused-ring (bicyclic) bond motifs is 1. The normalized spacial score (nSPS) is 11.5. The molecular formula is C50H44N2S3. The van der Waals surface area contributed by atoms with E-state index in [0.29, 0.717) is 0 Å². The molecule has 0 amide bonds. The molecular weight excluding hydrogens is 725 g/mol. The van der Waals surface area contributed by atoms with Crippen molar-refractivity contribution in [1.29, 1.82) is 0 Å². The first-order valence-corrected chi connectivity index (χ1v) is 21.7. The molecule has 0 N–H and O–H groups in total. The molecule has 6 rings (SSSR count). The fraction of sp³-hybridized carbons (Fsp3) is 0.240. The summed E-state index contributed by atoms with van der Waals surface area (Å²) >= 11 is 4.92. The molecule has 0 aliphatic carbocycles. The molecule has 0 atom stereocenters. The van der Waals surface area contributed by atoms with E-state index in [9.17, 15) is 0 Å². The number of nitrogens with zero attached hydrogens (tertiary/aromatic N) is 2. The monoisotopic (exact) mass is 768 g/mol. The second-order valence-electron chi connectivity index (χ2n) is 13.0. The number of hydrogen-bond acceptors (Lipinski definition) is 5. The molecule has 5 heteroatoms. The van der Waals surface area contributed by atoms with Crippen LogP contribution in [0.5, 0.6) is 0 Å². The van der Waals surface area contributed by atoms with Crippen molar-refractivity contribution in [2.45, 2.75) is 79.1 Å². The Balaban J connectivity index is 1.58.